The molecule has 0 aliphatic carbocycles. The van der Waals surface area contributed by atoms with Crippen molar-refractivity contribution in [3.05, 3.63) is 0 Å². The molecule has 0 spiro atoms. The molecule has 0 bridgehead atoms. The maximum Gasteiger partial charge on any atom is 0.303 e. The maximum atomic E-state index is 11.7. The van der Waals surface area contributed by atoms with Gasteiger partial charge in [0.2, 0.25) is 5.91 Å². The van der Waals surface area contributed by atoms with E-state index >= 15 is 0 Å². The predicted molar refractivity (Wildman–Crippen MR) is 58.6 cm³/mol. The van der Waals surface area contributed by atoms with Crippen LogP contribution in [0.2, 0.25) is 0 Å². The summed E-state index contributed by atoms with van der Waals surface area (Å²) >= 11 is 0. The molecule has 15 heavy (non-hydrogen) atoms. The molecule has 0 rings (SSSR count). The molecule has 0 saturated heterocycles. The van der Waals surface area contributed by atoms with Crippen molar-refractivity contribution in [2.24, 2.45) is 5.92 Å². The molecule has 1 atom stereocenters. The number of amides is 1. The molecule has 4 nitrogen and oxygen atoms in total. The number of hydrogen-bond donors (Lipinski definition) is 1. The van der Waals surface area contributed by atoms with Crippen molar-refractivity contribution < 1.29 is 14.7 Å². The van der Waals surface area contributed by atoms with E-state index in [-0.39, 0.29) is 18.2 Å². The summed E-state index contributed by atoms with van der Waals surface area (Å²) in [6, 6.07) is 0. The van der Waals surface area contributed by atoms with Crippen molar-refractivity contribution in [3.63, 3.8) is 0 Å². The summed E-state index contributed by atoms with van der Waals surface area (Å²) in [7, 11) is 1.73. The molecule has 0 aliphatic rings. The molecular formula is C11H21NO3. The van der Waals surface area contributed by atoms with Crippen LogP contribution >= 0.6 is 0 Å². The second kappa shape index (κ2) is 7.26. The minimum absolute atomic E-state index is 0.0461. The SMILES string of the molecule is CCCC(C)C(=O)N(C)CCCC(=O)O. The number of carbonyl (C=O) groups is 2. The number of hydrogen-bond acceptors (Lipinski definition) is 2. The third-order valence-electron chi connectivity index (χ3n) is 2.40. The van der Waals surface area contributed by atoms with E-state index in [4.69, 9.17) is 5.11 Å². The fourth-order valence-corrected chi connectivity index (χ4v) is 1.51. The van der Waals surface area contributed by atoms with Crippen LogP contribution in [0.15, 0.2) is 0 Å². The molecule has 1 amide bonds. The van der Waals surface area contributed by atoms with E-state index in [2.05, 4.69) is 0 Å². The minimum atomic E-state index is -0.808. The largest absolute Gasteiger partial charge is 0.481 e. The van der Waals surface area contributed by atoms with Crippen molar-refractivity contribution in [2.45, 2.75) is 39.5 Å². The van der Waals surface area contributed by atoms with Crippen molar-refractivity contribution in [1.29, 1.82) is 0 Å². The van der Waals surface area contributed by atoms with E-state index in [1.54, 1.807) is 11.9 Å². The highest BCUT2D eigenvalue weighted by Crippen LogP contribution is 2.09. The highest BCUT2D eigenvalue weighted by atomic mass is 16.4. The van der Waals surface area contributed by atoms with Crippen LogP contribution < -0.4 is 0 Å². The van der Waals surface area contributed by atoms with E-state index in [9.17, 15) is 9.59 Å². The fourth-order valence-electron chi connectivity index (χ4n) is 1.51. The summed E-state index contributed by atoms with van der Waals surface area (Å²) in [4.78, 5) is 23.6. The Hall–Kier alpha value is -1.06. The topological polar surface area (TPSA) is 57.6 Å². The molecule has 0 heterocycles. The quantitative estimate of drug-likeness (QED) is 0.703. The molecule has 1 N–H and O–H groups in total. The van der Waals surface area contributed by atoms with Gasteiger partial charge in [0.1, 0.15) is 0 Å². The molecule has 0 aliphatic heterocycles. The third kappa shape index (κ3) is 6.10. The first-order valence-electron chi connectivity index (χ1n) is 5.45. The van der Waals surface area contributed by atoms with Crippen molar-refractivity contribution >= 4 is 11.9 Å². The number of aliphatic carboxylic acids is 1. The van der Waals surface area contributed by atoms with Gasteiger partial charge in [-0.15, -0.1) is 0 Å². The Morgan fingerprint density at radius 3 is 2.47 bits per heavy atom. The summed E-state index contributed by atoms with van der Waals surface area (Å²) in [5.41, 5.74) is 0. The molecule has 0 saturated carbocycles. The van der Waals surface area contributed by atoms with Crippen LogP contribution in [0.1, 0.15) is 39.5 Å². The monoisotopic (exact) mass is 215 g/mol. The number of rotatable bonds is 7. The zero-order valence-electron chi connectivity index (χ0n) is 9.82. The Balaban J connectivity index is 3.82. The Bertz CT molecular complexity index is 216. The normalized spacial score (nSPS) is 12.2. The highest BCUT2D eigenvalue weighted by Gasteiger charge is 2.16. The second-order valence-corrected chi connectivity index (χ2v) is 3.95. The van der Waals surface area contributed by atoms with Gasteiger partial charge in [-0.2, -0.15) is 0 Å². The molecule has 0 aromatic heterocycles. The van der Waals surface area contributed by atoms with Gasteiger partial charge in [-0.3, -0.25) is 9.59 Å². The Kier molecular flexibility index (Phi) is 6.75. The lowest BCUT2D eigenvalue weighted by molar-refractivity contribution is -0.138. The first-order valence-corrected chi connectivity index (χ1v) is 5.45. The van der Waals surface area contributed by atoms with Crippen LogP contribution in [0.25, 0.3) is 0 Å². The van der Waals surface area contributed by atoms with Gasteiger partial charge in [0.05, 0.1) is 0 Å². The zero-order chi connectivity index (χ0) is 11.8. The van der Waals surface area contributed by atoms with E-state index in [1.165, 1.54) is 0 Å². The van der Waals surface area contributed by atoms with Gasteiger partial charge in [0.25, 0.3) is 0 Å². The lowest BCUT2D eigenvalue weighted by Gasteiger charge is -2.20. The zero-order valence-corrected chi connectivity index (χ0v) is 9.82. The van der Waals surface area contributed by atoms with Crippen molar-refractivity contribution in [3.8, 4) is 0 Å². The highest BCUT2D eigenvalue weighted by molar-refractivity contribution is 5.78. The molecule has 1 unspecified atom stereocenters. The predicted octanol–water partition coefficient (Wildman–Crippen LogP) is 1.75. The summed E-state index contributed by atoms with van der Waals surface area (Å²) in [6.45, 7) is 4.49. The molecule has 0 aromatic carbocycles. The van der Waals surface area contributed by atoms with Crippen LogP contribution in [0.5, 0.6) is 0 Å². The summed E-state index contributed by atoms with van der Waals surface area (Å²) in [5.74, 6) is -0.649. The van der Waals surface area contributed by atoms with Gasteiger partial charge >= 0.3 is 5.97 Å². The molecule has 0 fully saturated rings. The number of carbonyl (C=O) groups excluding carboxylic acids is 1. The first kappa shape index (κ1) is 13.9. The molecule has 4 heteroatoms. The first-order chi connectivity index (χ1) is 6.99. The van der Waals surface area contributed by atoms with Crippen LogP contribution in [-0.4, -0.2) is 35.5 Å². The van der Waals surface area contributed by atoms with Crippen LogP contribution in [0.3, 0.4) is 0 Å². The van der Waals surface area contributed by atoms with Crippen LogP contribution in [-0.2, 0) is 9.59 Å². The Morgan fingerprint density at radius 2 is 2.00 bits per heavy atom. The molecule has 0 aromatic rings. The van der Waals surface area contributed by atoms with Crippen LogP contribution in [0.4, 0.5) is 0 Å². The van der Waals surface area contributed by atoms with Crippen molar-refractivity contribution in [1.82, 2.24) is 4.90 Å². The van der Waals surface area contributed by atoms with E-state index in [1.807, 2.05) is 13.8 Å². The number of carboxylic acids is 1. The molecular weight excluding hydrogens is 194 g/mol. The van der Waals surface area contributed by atoms with E-state index in [0.717, 1.165) is 12.8 Å². The van der Waals surface area contributed by atoms with Gasteiger partial charge in [-0.1, -0.05) is 20.3 Å². The lowest BCUT2D eigenvalue weighted by Crippen LogP contribution is -2.32. The van der Waals surface area contributed by atoms with Gasteiger partial charge in [0.15, 0.2) is 0 Å². The van der Waals surface area contributed by atoms with Crippen molar-refractivity contribution in [2.75, 3.05) is 13.6 Å². The Morgan fingerprint density at radius 1 is 1.40 bits per heavy atom. The fraction of sp³-hybridized carbons (Fsp3) is 0.818. The molecule has 88 valence electrons. The second-order valence-electron chi connectivity index (χ2n) is 3.95. The van der Waals surface area contributed by atoms with Crippen LogP contribution in [0, 0.1) is 5.92 Å². The van der Waals surface area contributed by atoms with Gasteiger partial charge in [-0.05, 0) is 12.8 Å². The van der Waals surface area contributed by atoms with Gasteiger partial charge < -0.3 is 10.0 Å². The van der Waals surface area contributed by atoms with E-state index < -0.39 is 5.97 Å². The number of nitrogens with zero attached hydrogens (tertiary/aromatic N) is 1. The minimum Gasteiger partial charge on any atom is -0.481 e. The van der Waals surface area contributed by atoms with E-state index in [0.29, 0.717) is 13.0 Å². The Labute approximate surface area is 91.3 Å². The average Bonchev–Trinajstić information content (AvgIpc) is 2.16. The smallest absolute Gasteiger partial charge is 0.303 e. The van der Waals surface area contributed by atoms with Gasteiger partial charge in [0, 0.05) is 25.9 Å². The lowest BCUT2D eigenvalue weighted by atomic mass is 10.0. The number of carboxylic acid groups (broad SMARTS) is 1. The summed E-state index contributed by atoms with van der Waals surface area (Å²) in [5, 5.41) is 8.45. The summed E-state index contributed by atoms with van der Waals surface area (Å²) in [6.07, 6.45) is 2.54. The molecule has 0 radical (unpaired) electrons. The van der Waals surface area contributed by atoms with Gasteiger partial charge in [-0.25, -0.2) is 0 Å². The summed E-state index contributed by atoms with van der Waals surface area (Å²) < 4.78 is 0. The third-order valence-corrected chi connectivity index (χ3v) is 2.40. The maximum absolute atomic E-state index is 11.7. The average molecular weight is 215 g/mol. The standard InChI is InChI=1S/C11H21NO3/c1-4-6-9(2)11(15)12(3)8-5-7-10(13)14/h9H,4-8H2,1-3H3,(H,13,14).